The number of hydrogen-bond donors (Lipinski definition) is 0. The van der Waals surface area contributed by atoms with E-state index in [-0.39, 0.29) is 12.4 Å². The van der Waals surface area contributed by atoms with Crippen LogP contribution in [0.1, 0.15) is 20.8 Å². The fourth-order valence-corrected chi connectivity index (χ4v) is 0.416. The molecule has 3 nitrogen and oxygen atoms in total. The topological polar surface area (TPSA) is 43.4 Å². The molecule has 0 aromatic heterocycles. The SMILES string of the molecule is CC(=O)C(C)(C)COC(=O)C(F)F. The van der Waals surface area contributed by atoms with Crippen LogP contribution in [-0.2, 0) is 14.3 Å². The van der Waals surface area contributed by atoms with Gasteiger partial charge in [0.15, 0.2) is 0 Å². The Hall–Kier alpha value is -1.00. The molecule has 0 spiro atoms. The van der Waals surface area contributed by atoms with Crippen molar-refractivity contribution >= 4 is 11.8 Å². The molecule has 0 unspecified atom stereocenters. The summed E-state index contributed by atoms with van der Waals surface area (Å²) in [6, 6.07) is 0. The van der Waals surface area contributed by atoms with Crippen LogP contribution in [0.25, 0.3) is 0 Å². The van der Waals surface area contributed by atoms with Crippen molar-refractivity contribution in [1.82, 2.24) is 0 Å². The van der Waals surface area contributed by atoms with E-state index < -0.39 is 17.8 Å². The van der Waals surface area contributed by atoms with Crippen LogP contribution in [0, 0.1) is 5.41 Å². The first-order valence-corrected chi connectivity index (χ1v) is 3.73. The average molecular weight is 194 g/mol. The largest absolute Gasteiger partial charge is 0.460 e. The van der Waals surface area contributed by atoms with Gasteiger partial charge in [-0.15, -0.1) is 0 Å². The standard InChI is InChI=1S/C8H12F2O3/c1-5(11)8(2,3)4-13-7(12)6(9)10/h6H,4H2,1-3H3. The molecule has 0 saturated heterocycles. The summed E-state index contributed by atoms with van der Waals surface area (Å²) in [7, 11) is 0. The molecular weight excluding hydrogens is 182 g/mol. The Morgan fingerprint density at radius 2 is 1.85 bits per heavy atom. The van der Waals surface area contributed by atoms with Crippen LogP contribution in [-0.4, -0.2) is 24.8 Å². The number of carbonyl (C=O) groups is 2. The molecular formula is C8H12F2O3. The molecule has 0 aromatic rings. The van der Waals surface area contributed by atoms with Gasteiger partial charge in [-0.1, -0.05) is 0 Å². The summed E-state index contributed by atoms with van der Waals surface area (Å²) in [5.41, 5.74) is -0.898. The number of alkyl halides is 2. The summed E-state index contributed by atoms with van der Waals surface area (Å²) < 4.78 is 27.5. The molecule has 0 aliphatic heterocycles. The van der Waals surface area contributed by atoms with Gasteiger partial charge in [-0.25, -0.2) is 4.79 Å². The first-order valence-electron chi connectivity index (χ1n) is 3.73. The summed E-state index contributed by atoms with van der Waals surface area (Å²) >= 11 is 0. The van der Waals surface area contributed by atoms with Crippen LogP contribution in [0.5, 0.6) is 0 Å². The summed E-state index contributed by atoms with van der Waals surface area (Å²) in [4.78, 5) is 21.2. The van der Waals surface area contributed by atoms with Gasteiger partial charge in [-0.3, -0.25) is 4.79 Å². The van der Waals surface area contributed by atoms with Gasteiger partial charge in [0, 0.05) is 0 Å². The third kappa shape index (κ3) is 3.96. The molecule has 5 heteroatoms. The van der Waals surface area contributed by atoms with Crippen molar-refractivity contribution in [3.63, 3.8) is 0 Å². The van der Waals surface area contributed by atoms with Crippen molar-refractivity contribution in [3.8, 4) is 0 Å². The molecule has 0 heterocycles. The second-order valence-electron chi connectivity index (χ2n) is 3.35. The van der Waals surface area contributed by atoms with Gasteiger partial charge in [0.25, 0.3) is 0 Å². The molecule has 0 atom stereocenters. The normalized spacial score (nSPS) is 11.5. The quantitative estimate of drug-likeness (QED) is 0.635. The van der Waals surface area contributed by atoms with Gasteiger partial charge in [-0.05, 0) is 20.8 Å². The fourth-order valence-electron chi connectivity index (χ4n) is 0.416. The molecule has 0 N–H and O–H groups in total. The molecule has 0 amide bonds. The van der Waals surface area contributed by atoms with Gasteiger partial charge < -0.3 is 4.74 Å². The number of Topliss-reactive ketones (excluding diaryl/α,β-unsaturated/α-hetero) is 1. The average Bonchev–Trinajstić information content (AvgIpc) is 1.99. The summed E-state index contributed by atoms with van der Waals surface area (Å²) in [5.74, 6) is -1.80. The minimum Gasteiger partial charge on any atom is -0.460 e. The number of hydrogen-bond acceptors (Lipinski definition) is 3. The van der Waals surface area contributed by atoms with Crippen LogP contribution in [0.2, 0.25) is 0 Å². The predicted molar refractivity (Wildman–Crippen MR) is 41.4 cm³/mol. The van der Waals surface area contributed by atoms with Gasteiger partial charge in [-0.2, -0.15) is 8.78 Å². The van der Waals surface area contributed by atoms with E-state index in [2.05, 4.69) is 4.74 Å². The second-order valence-corrected chi connectivity index (χ2v) is 3.35. The highest BCUT2D eigenvalue weighted by Gasteiger charge is 2.27. The van der Waals surface area contributed by atoms with Crippen molar-refractivity contribution < 1.29 is 23.1 Å². The Kier molecular flexibility index (Phi) is 3.97. The zero-order valence-electron chi connectivity index (χ0n) is 7.77. The zero-order valence-corrected chi connectivity index (χ0v) is 7.77. The lowest BCUT2D eigenvalue weighted by molar-refractivity contribution is -0.160. The summed E-state index contributed by atoms with van der Waals surface area (Å²) in [6.45, 7) is 4.05. The maximum atomic E-state index is 11.6. The molecule has 13 heavy (non-hydrogen) atoms. The minimum absolute atomic E-state index is 0.213. The number of ether oxygens (including phenoxy) is 1. The smallest absolute Gasteiger partial charge is 0.373 e. The minimum atomic E-state index is -3.14. The monoisotopic (exact) mass is 194 g/mol. The van der Waals surface area contributed by atoms with E-state index in [0.717, 1.165) is 0 Å². The molecule has 0 aliphatic rings. The highest BCUT2D eigenvalue weighted by molar-refractivity contribution is 5.82. The van der Waals surface area contributed by atoms with Crippen LogP contribution < -0.4 is 0 Å². The first-order chi connectivity index (χ1) is 5.77. The number of esters is 1. The van der Waals surface area contributed by atoms with E-state index >= 15 is 0 Å². The molecule has 76 valence electrons. The molecule has 0 fully saturated rings. The molecule has 0 aliphatic carbocycles. The van der Waals surface area contributed by atoms with E-state index in [9.17, 15) is 18.4 Å². The maximum Gasteiger partial charge on any atom is 0.373 e. The molecule has 0 rings (SSSR count). The van der Waals surface area contributed by atoms with Gasteiger partial charge >= 0.3 is 12.4 Å². The number of ketones is 1. The van der Waals surface area contributed by atoms with Crippen LogP contribution in [0.3, 0.4) is 0 Å². The second kappa shape index (κ2) is 4.30. The van der Waals surface area contributed by atoms with Crippen molar-refractivity contribution in [3.05, 3.63) is 0 Å². The van der Waals surface area contributed by atoms with E-state index in [1.165, 1.54) is 20.8 Å². The Labute approximate surface area is 75.1 Å². The Morgan fingerprint density at radius 1 is 1.38 bits per heavy atom. The van der Waals surface area contributed by atoms with Crippen molar-refractivity contribution in [2.75, 3.05) is 6.61 Å². The summed E-state index contributed by atoms with van der Waals surface area (Å²) in [6.07, 6.45) is -3.14. The lowest BCUT2D eigenvalue weighted by Gasteiger charge is -2.20. The molecule has 0 saturated carbocycles. The fraction of sp³-hybridized carbons (Fsp3) is 0.750. The van der Waals surface area contributed by atoms with E-state index in [1.54, 1.807) is 0 Å². The Balaban J connectivity index is 4.03. The Bertz CT molecular complexity index is 211. The molecule has 0 aromatic carbocycles. The van der Waals surface area contributed by atoms with E-state index in [1.807, 2.05) is 0 Å². The van der Waals surface area contributed by atoms with Gasteiger partial charge in [0.1, 0.15) is 12.4 Å². The number of halogens is 2. The van der Waals surface area contributed by atoms with Crippen LogP contribution in [0.4, 0.5) is 8.78 Å². The molecule has 0 radical (unpaired) electrons. The first kappa shape index (κ1) is 12.0. The van der Waals surface area contributed by atoms with Crippen molar-refractivity contribution in [2.24, 2.45) is 5.41 Å². The van der Waals surface area contributed by atoms with Crippen molar-refractivity contribution in [1.29, 1.82) is 0 Å². The highest BCUT2D eigenvalue weighted by atomic mass is 19.3. The zero-order chi connectivity index (χ0) is 10.6. The van der Waals surface area contributed by atoms with Crippen molar-refractivity contribution in [2.45, 2.75) is 27.2 Å². The van der Waals surface area contributed by atoms with E-state index in [4.69, 9.17) is 0 Å². The molecule has 0 bridgehead atoms. The summed E-state index contributed by atoms with van der Waals surface area (Å²) in [5, 5.41) is 0. The predicted octanol–water partition coefficient (Wildman–Crippen LogP) is 1.41. The number of rotatable bonds is 4. The number of carbonyl (C=O) groups excluding carboxylic acids is 2. The van der Waals surface area contributed by atoms with Crippen LogP contribution in [0.15, 0.2) is 0 Å². The lowest BCUT2D eigenvalue weighted by Crippen LogP contribution is -2.30. The van der Waals surface area contributed by atoms with Gasteiger partial charge in [0.2, 0.25) is 0 Å². The third-order valence-electron chi connectivity index (χ3n) is 1.71. The lowest BCUT2D eigenvalue weighted by atomic mass is 9.90. The maximum absolute atomic E-state index is 11.6. The third-order valence-corrected chi connectivity index (χ3v) is 1.71. The van der Waals surface area contributed by atoms with Gasteiger partial charge in [0.05, 0.1) is 5.41 Å². The van der Waals surface area contributed by atoms with E-state index in [0.29, 0.717) is 0 Å². The Morgan fingerprint density at radius 3 is 2.15 bits per heavy atom. The van der Waals surface area contributed by atoms with Crippen LogP contribution >= 0.6 is 0 Å². The highest BCUT2D eigenvalue weighted by Crippen LogP contribution is 2.17.